The lowest BCUT2D eigenvalue weighted by Gasteiger charge is -2.11. The number of benzene rings is 1. The third kappa shape index (κ3) is 3.27. The van der Waals surface area contributed by atoms with Gasteiger partial charge in [0.15, 0.2) is 17.3 Å². The van der Waals surface area contributed by atoms with E-state index in [2.05, 4.69) is 9.97 Å². The zero-order chi connectivity index (χ0) is 18.7. The third-order valence-corrected chi connectivity index (χ3v) is 3.93. The molecule has 0 atom stereocenters. The number of hydrogen-bond acceptors (Lipinski definition) is 7. The predicted molar refractivity (Wildman–Crippen MR) is 99.3 cm³/mol. The molecule has 2 aromatic heterocycles. The maximum absolute atomic E-state index is 12.7. The molecule has 0 bridgehead atoms. The van der Waals surface area contributed by atoms with Gasteiger partial charge in [0.2, 0.25) is 0 Å². The van der Waals surface area contributed by atoms with E-state index in [1.54, 1.807) is 44.7 Å². The van der Waals surface area contributed by atoms with E-state index in [0.29, 0.717) is 28.4 Å². The number of aromatic nitrogens is 2. The molecule has 0 spiro atoms. The summed E-state index contributed by atoms with van der Waals surface area (Å²) in [6.45, 7) is 0. The number of pyridine rings is 2. The van der Waals surface area contributed by atoms with Crippen molar-refractivity contribution in [3.8, 4) is 22.6 Å². The van der Waals surface area contributed by atoms with Crippen molar-refractivity contribution in [2.45, 2.75) is 0 Å². The fraction of sp³-hybridized carbons (Fsp3) is 0.105. The lowest BCUT2D eigenvalue weighted by molar-refractivity contribution is 0.103. The van der Waals surface area contributed by atoms with E-state index < -0.39 is 0 Å². The standard InChI is InChI=1S/C19H18N4O3/c1-25-15-5-3-11(8-16(15)26-2)13-7-14(19(21)23-10-13)18(24)12-4-6-17(20)22-9-12/h3-10H,1-2H3,(H2,20,22)(H2,21,23). The first-order valence-corrected chi connectivity index (χ1v) is 7.77. The van der Waals surface area contributed by atoms with Gasteiger partial charge in [0, 0.05) is 23.5 Å². The molecule has 7 nitrogen and oxygen atoms in total. The summed E-state index contributed by atoms with van der Waals surface area (Å²) in [5.74, 6) is 1.41. The highest BCUT2D eigenvalue weighted by molar-refractivity contribution is 6.12. The van der Waals surface area contributed by atoms with Gasteiger partial charge in [0.1, 0.15) is 11.6 Å². The summed E-state index contributed by atoms with van der Waals surface area (Å²) in [5.41, 5.74) is 13.7. The summed E-state index contributed by atoms with van der Waals surface area (Å²) in [4.78, 5) is 20.8. The Bertz CT molecular complexity index is 955. The minimum Gasteiger partial charge on any atom is -0.493 e. The predicted octanol–water partition coefficient (Wildman–Crippen LogP) is 2.56. The lowest BCUT2D eigenvalue weighted by Crippen LogP contribution is -2.08. The zero-order valence-corrected chi connectivity index (χ0v) is 14.4. The van der Waals surface area contributed by atoms with Crippen molar-refractivity contribution in [2.24, 2.45) is 0 Å². The Morgan fingerprint density at radius 1 is 0.885 bits per heavy atom. The second kappa shape index (κ2) is 7.10. The van der Waals surface area contributed by atoms with Gasteiger partial charge in [-0.2, -0.15) is 0 Å². The molecule has 3 aromatic rings. The van der Waals surface area contributed by atoms with Crippen LogP contribution in [-0.2, 0) is 0 Å². The number of nitrogen functional groups attached to an aromatic ring is 2. The maximum Gasteiger partial charge on any atom is 0.198 e. The van der Waals surface area contributed by atoms with Crippen LogP contribution in [0.5, 0.6) is 11.5 Å². The molecule has 0 unspecified atom stereocenters. The number of rotatable bonds is 5. The first-order chi connectivity index (χ1) is 12.5. The van der Waals surface area contributed by atoms with Crippen LogP contribution in [0.1, 0.15) is 15.9 Å². The molecule has 3 rings (SSSR count). The Kier molecular flexibility index (Phi) is 4.70. The van der Waals surface area contributed by atoms with E-state index in [-0.39, 0.29) is 11.6 Å². The SMILES string of the molecule is COc1ccc(-c2cnc(N)c(C(=O)c3ccc(N)nc3)c2)cc1OC. The Balaban J connectivity index is 2.02. The van der Waals surface area contributed by atoms with Crippen molar-refractivity contribution in [2.75, 3.05) is 25.7 Å². The number of anilines is 2. The number of ether oxygens (including phenoxy) is 2. The van der Waals surface area contributed by atoms with Gasteiger partial charge >= 0.3 is 0 Å². The monoisotopic (exact) mass is 350 g/mol. The van der Waals surface area contributed by atoms with Crippen molar-refractivity contribution in [3.63, 3.8) is 0 Å². The number of nitrogens with zero attached hydrogens (tertiary/aromatic N) is 2. The Labute approximate surface area is 150 Å². The number of carbonyl (C=O) groups is 1. The molecule has 0 amide bonds. The Morgan fingerprint density at radius 2 is 1.65 bits per heavy atom. The summed E-state index contributed by atoms with van der Waals surface area (Å²) in [6, 6.07) is 10.3. The second-order valence-corrected chi connectivity index (χ2v) is 5.53. The molecule has 0 aliphatic carbocycles. The molecular formula is C19H18N4O3. The van der Waals surface area contributed by atoms with Gasteiger partial charge < -0.3 is 20.9 Å². The molecule has 26 heavy (non-hydrogen) atoms. The van der Waals surface area contributed by atoms with Gasteiger partial charge in [-0.25, -0.2) is 9.97 Å². The minimum absolute atomic E-state index is 0.149. The van der Waals surface area contributed by atoms with Crippen molar-refractivity contribution in [1.82, 2.24) is 9.97 Å². The molecular weight excluding hydrogens is 332 g/mol. The van der Waals surface area contributed by atoms with Crippen LogP contribution in [-0.4, -0.2) is 30.0 Å². The van der Waals surface area contributed by atoms with Gasteiger partial charge in [-0.1, -0.05) is 6.07 Å². The number of hydrogen-bond donors (Lipinski definition) is 2. The third-order valence-electron chi connectivity index (χ3n) is 3.93. The van der Waals surface area contributed by atoms with E-state index in [1.807, 2.05) is 12.1 Å². The zero-order valence-electron chi connectivity index (χ0n) is 14.4. The van der Waals surface area contributed by atoms with E-state index >= 15 is 0 Å². The molecule has 1 aromatic carbocycles. The highest BCUT2D eigenvalue weighted by atomic mass is 16.5. The smallest absolute Gasteiger partial charge is 0.198 e. The average Bonchev–Trinajstić information content (AvgIpc) is 2.68. The molecule has 132 valence electrons. The quantitative estimate of drug-likeness (QED) is 0.680. The summed E-state index contributed by atoms with van der Waals surface area (Å²) in [5, 5.41) is 0. The van der Waals surface area contributed by atoms with Crippen molar-refractivity contribution >= 4 is 17.4 Å². The molecule has 7 heteroatoms. The molecule has 0 fully saturated rings. The summed E-state index contributed by atoms with van der Waals surface area (Å²) >= 11 is 0. The van der Waals surface area contributed by atoms with Crippen LogP contribution in [0.25, 0.3) is 11.1 Å². The van der Waals surface area contributed by atoms with Crippen LogP contribution in [0.3, 0.4) is 0 Å². The molecule has 2 heterocycles. The summed E-state index contributed by atoms with van der Waals surface area (Å²) in [6.07, 6.45) is 3.02. The molecule has 0 aliphatic rings. The second-order valence-electron chi connectivity index (χ2n) is 5.53. The van der Waals surface area contributed by atoms with Crippen LogP contribution in [0.15, 0.2) is 48.8 Å². The fourth-order valence-corrected chi connectivity index (χ4v) is 2.53. The number of methoxy groups -OCH3 is 2. The van der Waals surface area contributed by atoms with Gasteiger partial charge in [0.25, 0.3) is 0 Å². The van der Waals surface area contributed by atoms with Crippen molar-refractivity contribution < 1.29 is 14.3 Å². The van der Waals surface area contributed by atoms with E-state index in [9.17, 15) is 4.79 Å². The lowest BCUT2D eigenvalue weighted by atomic mass is 10.0. The minimum atomic E-state index is -0.273. The highest BCUT2D eigenvalue weighted by Gasteiger charge is 2.16. The highest BCUT2D eigenvalue weighted by Crippen LogP contribution is 2.33. The first kappa shape index (κ1) is 17.2. The van der Waals surface area contributed by atoms with Gasteiger partial charge in [-0.05, 0) is 35.9 Å². The molecule has 0 aliphatic heterocycles. The van der Waals surface area contributed by atoms with Crippen molar-refractivity contribution in [1.29, 1.82) is 0 Å². The normalized spacial score (nSPS) is 10.4. The van der Waals surface area contributed by atoms with Crippen LogP contribution in [0.2, 0.25) is 0 Å². The Morgan fingerprint density at radius 3 is 2.31 bits per heavy atom. The maximum atomic E-state index is 12.7. The molecule has 0 radical (unpaired) electrons. The number of nitrogens with two attached hydrogens (primary N) is 2. The van der Waals surface area contributed by atoms with E-state index in [1.165, 1.54) is 6.20 Å². The molecule has 4 N–H and O–H groups in total. The average molecular weight is 350 g/mol. The topological polar surface area (TPSA) is 113 Å². The van der Waals surface area contributed by atoms with E-state index in [4.69, 9.17) is 20.9 Å². The van der Waals surface area contributed by atoms with E-state index in [0.717, 1.165) is 11.1 Å². The number of carbonyl (C=O) groups excluding carboxylic acids is 1. The van der Waals surface area contributed by atoms with Crippen LogP contribution in [0, 0.1) is 0 Å². The molecule has 0 saturated heterocycles. The van der Waals surface area contributed by atoms with Crippen LogP contribution < -0.4 is 20.9 Å². The van der Waals surface area contributed by atoms with Crippen molar-refractivity contribution in [3.05, 3.63) is 59.9 Å². The van der Waals surface area contributed by atoms with Gasteiger partial charge in [-0.15, -0.1) is 0 Å². The summed E-state index contributed by atoms with van der Waals surface area (Å²) < 4.78 is 10.6. The summed E-state index contributed by atoms with van der Waals surface area (Å²) in [7, 11) is 3.13. The van der Waals surface area contributed by atoms with Gasteiger partial charge in [-0.3, -0.25) is 4.79 Å². The first-order valence-electron chi connectivity index (χ1n) is 7.77. The molecule has 0 saturated carbocycles. The largest absolute Gasteiger partial charge is 0.493 e. The van der Waals surface area contributed by atoms with Crippen LogP contribution >= 0.6 is 0 Å². The Hall–Kier alpha value is -3.61. The van der Waals surface area contributed by atoms with Gasteiger partial charge in [0.05, 0.1) is 19.8 Å². The number of ketones is 1. The fourth-order valence-electron chi connectivity index (χ4n) is 2.53. The van der Waals surface area contributed by atoms with Crippen LogP contribution in [0.4, 0.5) is 11.6 Å².